The summed E-state index contributed by atoms with van der Waals surface area (Å²) in [5, 5.41) is 12.3. The number of benzene rings is 1. The molecule has 1 N–H and O–H groups in total. The maximum absolute atomic E-state index is 13.7. The Morgan fingerprint density at radius 1 is 1.06 bits per heavy atom. The molecule has 1 aromatic carbocycles. The molecule has 0 fully saturated rings. The van der Waals surface area contributed by atoms with E-state index in [0.29, 0.717) is 32.6 Å². The van der Waals surface area contributed by atoms with E-state index in [2.05, 4.69) is 0 Å². The minimum absolute atomic E-state index is 0.0835. The summed E-state index contributed by atoms with van der Waals surface area (Å²) < 4.78 is 6.94. The first-order chi connectivity index (χ1) is 16.2. The Kier molecular flexibility index (Phi) is 7.46. The van der Waals surface area contributed by atoms with Crippen LogP contribution >= 0.6 is 11.6 Å². The van der Waals surface area contributed by atoms with Gasteiger partial charge >= 0.3 is 5.97 Å². The second kappa shape index (κ2) is 9.86. The van der Waals surface area contributed by atoms with Crippen molar-refractivity contribution in [1.82, 2.24) is 4.40 Å². The molecule has 3 aromatic rings. The highest BCUT2D eigenvalue weighted by Crippen LogP contribution is 2.30. The Morgan fingerprint density at radius 3 is 2.26 bits per heavy atom. The summed E-state index contributed by atoms with van der Waals surface area (Å²) in [5.41, 5.74) is 0.167. The maximum atomic E-state index is 13.7. The number of ketones is 1. The number of aliphatic hydroxyl groups excluding tert-OH is 1. The number of carbonyl (C=O) groups excluding carboxylic acids is 2. The van der Waals surface area contributed by atoms with E-state index in [1.54, 1.807) is 55.6 Å². The Morgan fingerprint density at radius 2 is 1.69 bits per heavy atom. The van der Waals surface area contributed by atoms with Crippen LogP contribution in [-0.2, 0) is 16.0 Å². The monoisotopic (exact) mass is 497 g/mol. The Balaban J connectivity index is 2.45. The number of halogens is 1. The van der Waals surface area contributed by atoms with Crippen molar-refractivity contribution in [1.29, 1.82) is 0 Å². The van der Waals surface area contributed by atoms with Gasteiger partial charge in [-0.1, -0.05) is 32.4 Å². The van der Waals surface area contributed by atoms with Gasteiger partial charge in [0.05, 0.1) is 22.9 Å². The van der Waals surface area contributed by atoms with E-state index >= 15 is 0 Å². The summed E-state index contributed by atoms with van der Waals surface area (Å²) in [6.45, 7) is 11.3. The minimum atomic E-state index is -0.993. The van der Waals surface area contributed by atoms with E-state index in [-0.39, 0.29) is 41.8 Å². The van der Waals surface area contributed by atoms with Crippen LogP contribution < -0.4 is 10.8 Å². The van der Waals surface area contributed by atoms with Gasteiger partial charge < -0.3 is 14.2 Å². The number of Topliss-reactive ketones (excluding diaryl/α,β-unsaturated/α-hetero) is 1. The van der Waals surface area contributed by atoms with Crippen LogP contribution in [-0.4, -0.2) is 27.9 Å². The molecule has 0 radical (unpaired) electrons. The lowest BCUT2D eigenvalue weighted by atomic mass is 9.82. The lowest BCUT2D eigenvalue weighted by Crippen LogP contribution is -2.32. The number of hydrogen-bond acceptors (Lipinski definition) is 5. The number of esters is 1. The lowest BCUT2D eigenvalue weighted by Gasteiger charge is -2.23. The van der Waals surface area contributed by atoms with Crippen LogP contribution in [0.15, 0.2) is 47.4 Å². The highest BCUT2D eigenvalue weighted by Gasteiger charge is 2.34. The number of carbonyl (C=O) groups is 2. The molecule has 0 spiro atoms. The van der Waals surface area contributed by atoms with Crippen molar-refractivity contribution in [2.75, 3.05) is 6.61 Å². The molecule has 3 rings (SSSR count). The van der Waals surface area contributed by atoms with Crippen molar-refractivity contribution in [3.63, 3.8) is 0 Å². The molecule has 0 bridgehead atoms. The fraction of sp³-hybridized carbons (Fsp3) is 0.393. The highest BCUT2D eigenvalue weighted by atomic mass is 35.5. The second-order valence-electron chi connectivity index (χ2n) is 10.6. The van der Waals surface area contributed by atoms with Gasteiger partial charge in [0.15, 0.2) is 11.2 Å². The van der Waals surface area contributed by atoms with Crippen molar-refractivity contribution < 1.29 is 19.4 Å². The van der Waals surface area contributed by atoms with Crippen molar-refractivity contribution in [3.05, 3.63) is 79.9 Å². The van der Waals surface area contributed by atoms with E-state index in [4.69, 9.17) is 16.3 Å². The standard InChI is InChI=1S/C28H32ClNO5/c1-7-35-26(34)28(5,6)15-20-23(22(32)16-27(2,3)4)21-14-19(31)12-13-30(21)24(20)25(33)17-8-10-18(29)11-9-17/h8-14,33H,7,15-16H2,1-6H3/b25-24+. The molecule has 7 heteroatoms. The number of nitrogens with zero attached hydrogens (tertiary/aromatic N) is 1. The van der Waals surface area contributed by atoms with Gasteiger partial charge in [-0.3, -0.25) is 14.4 Å². The van der Waals surface area contributed by atoms with Crippen molar-refractivity contribution in [2.24, 2.45) is 10.8 Å². The molecule has 6 nitrogen and oxygen atoms in total. The Hall–Kier alpha value is -3.12. The van der Waals surface area contributed by atoms with Crippen LogP contribution in [0.1, 0.15) is 69.4 Å². The molecule has 0 atom stereocenters. The topological polar surface area (TPSA) is 85.1 Å². The molecule has 2 heterocycles. The van der Waals surface area contributed by atoms with Crippen molar-refractivity contribution >= 4 is 34.6 Å². The van der Waals surface area contributed by atoms with Gasteiger partial charge in [-0.2, -0.15) is 0 Å². The van der Waals surface area contributed by atoms with Gasteiger partial charge in [0.25, 0.3) is 0 Å². The number of rotatable bonds is 7. The zero-order valence-corrected chi connectivity index (χ0v) is 21.8. The summed E-state index contributed by atoms with van der Waals surface area (Å²) in [6.07, 6.45) is 1.90. The molecule has 0 aliphatic heterocycles. The summed E-state index contributed by atoms with van der Waals surface area (Å²) in [5.74, 6) is -0.656. The second-order valence-corrected chi connectivity index (χ2v) is 11.1. The normalized spacial score (nSPS) is 13.1. The highest BCUT2D eigenvalue weighted by molar-refractivity contribution is 6.30. The molecule has 0 saturated carbocycles. The molecule has 186 valence electrons. The van der Waals surface area contributed by atoms with Gasteiger partial charge in [0.1, 0.15) is 5.76 Å². The van der Waals surface area contributed by atoms with Crippen LogP contribution in [0.5, 0.6) is 0 Å². The van der Waals surface area contributed by atoms with E-state index < -0.39 is 11.4 Å². The van der Waals surface area contributed by atoms with E-state index in [9.17, 15) is 19.5 Å². The van der Waals surface area contributed by atoms with Gasteiger partial charge in [0, 0.05) is 40.9 Å². The first-order valence-corrected chi connectivity index (χ1v) is 12.0. The summed E-state index contributed by atoms with van der Waals surface area (Å²) >= 11 is 6.04. The van der Waals surface area contributed by atoms with Crippen LogP contribution in [0.3, 0.4) is 0 Å². The van der Waals surface area contributed by atoms with Crippen LogP contribution in [0.4, 0.5) is 0 Å². The number of aliphatic hydroxyl groups is 1. The zero-order valence-electron chi connectivity index (χ0n) is 21.1. The number of ether oxygens (including phenoxy) is 1. The summed E-state index contributed by atoms with van der Waals surface area (Å²) in [7, 11) is 0. The third kappa shape index (κ3) is 5.76. The van der Waals surface area contributed by atoms with Crippen molar-refractivity contribution in [2.45, 2.75) is 54.4 Å². The van der Waals surface area contributed by atoms with E-state index in [0.717, 1.165) is 0 Å². The van der Waals surface area contributed by atoms with Gasteiger partial charge in [-0.05, 0) is 62.4 Å². The largest absolute Gasteiger partial charge is 0.505 e. The molecule has 0 unspecified atom stereocenters. The fourth-order valence-corrected chi connectivity index (χ4v) is 4.31. The number of hydrogen-bond donors (Lipinski definition) is 1. The molecule has 0 saturated heterocycles. The first kappa shape index (κ1) is 26.5. The molecular formula is C28H32ClNO5. The molecule has 35 heavy (non-hydrogen) atoms. The van der Waals surface area contributed by atoms with Gasteiger partial charge in [-0.15, -0.1) is 0 Å². The van der Waals surface area contributed by atoms with E-state index in [1.165, 1.54) is 12.1 Å². The molecular weight excluding hydrogens is 466 g/mol. The van der Waals surface area contributed by atoms with Crippen LogP contribution in [0, 0.1) is 10.8 Å². The Bertz CT molecular complexity index is 1380. The summed E-state index contributed by atoms with van der Waals surface area (Å²) in [6, 6.07) is 9.45. The number of fused-ring (bicyclic) bond motifs is 1. The first-order valence-electron chi connectivity index (χ1n) is 11.6. The third-order valence-corrected chi connectivity index (χ3v) is 6.02. The Labute approximate surface area is 210 Å². The predicted octanol–water partition coefficient (Wildman–Crippen LogP) is 5.14. The van der Waals surface area contributed by atoms with Crippen molar-refractivity contribution in [3.8, 4) is 0 Å². The van der Waals surface area contributed by atoms with Crippen LogP contribution in [0.2, 0.25) is 5.02 Å². The van der Waals surface area contributed by atoms with Gasteiger partial charge in [0.2, 0.25) is 0 Å². The number of aromatic nitrogens is 1. The summed E-state index contributed by atoms with van der Waals surface area (Å²) in [4.78, 5) is 38.8. The lowest BCUT2D eigenvalue weighted by molar-refractivity contribution is -0.153. The number of pyridine rings is 1. The zero-order chi connectivity index (χ0) is 26.1. The van der Waals surface area contributed by atoms with E-state index in [1.807, 2.05) is 20.8 Å². The predicted molar refractivity (Wildman–Crippen MR) is 138 cm³/mol. The minimum Gasteiger partial charge on any atom is -0.505 e. The molecule has 0 aliphatic carbocycles. The third-order valence-electron chi connectivity index (χ3n) is 5.77. The van der Waals surface area contributed by atoms with Gasteiger partial charge in [-0.25, -0.2) is 0 Å². The SMILES string of the molecule is CCOC(=O)C(C)(C)Cc1c(C(=O)CC(C)(C)C)c2cc(=O)ccn2/c1=C(/O)c1ccc(Cl)cc1. The smallest absolute Gasteiger partial charge is 0.311 e. The quantitative estimate of drug-likeness (QED) is 0.361. The fourth-order valence-electron chi connectivity index (χ4n) is 4.18. The maximum Gasteiger partial charge on any atom is 0.311 e. The molecule has 2 aromatic heterocycles. The van der Waals surface area contributed by atoms with Crippen LogP contribution in [0.25, 0.3) is 11.3 Å². The molecule has 0 aliphatic rings. The average molecular weight is 498 g/mol. The average Bonchev–Trinajstić information content (AvgIpc) is 3.04. The molecule has 0 amide bonds.